The third kappa shape index (κ3) is 1.78. The molecule has 0 heterocycles. The van der Waals surface area contributed by atoms with Crippen LogP contribution in [0.25, 0.3) is 0 Å². The Bertz CT molecular complexity index is 373. The van der Waals surface area contributed by atoms with Crippen LogP contribution in [0.2, 0.25) is 0 Å². The largest absolute Gasteiger partial charge is 0.466 e. The van der Waals surface area contributed by atoms with Gasteiger partial charge in [-0.1, -0.05) is 0 Å². The van der Waals surface area contributed by atoms with Gasteiger partial charge in [0.05, 0.1) is 7.11 Å². The van der Waals surface area contributed by atoms with Crippen molar-refractivity contribution in [3.63, 3.8) is 0 Å². The van der Waals surface area contributed by atoms with Gasteiger partial charge in [0.25, 0.3) is 5.92 Å². The van der Waals surface area contributed by atoms with E-state index >= 15 is 0 Å². The Morgan fingerprint density at radius 3 is 2.11 bits per heavy atom. The van der Waals surface area contributed by atoms with Crippen molar-refractivity contribution in [2.75, 3.05) is 13.8 Å². The molecular formula is C9H8F8O2. The number of ether oxygens (including phenoxy) is 1. The second kappa shape index (κ2) is 4.48. The molecule has 0 aromatic rings. The standard InChI is InChI=1S/C9H8F8O2/c1-19-6(18)7(13)5(12)8(14,15)4(3(11)2-10)9(7,16)17/h3-5H,2H2,1H3. The highest BCUT2D eigenvalue weighted by Gasteiger charge is 2.87. The summed E-state index contributed by atoms with van der Waals surface area (Å²) in [5.74, 6) is -17.3. The molecule has 19 heavy (non-hydrogen) atoms. The van der Waals surface area contributed by atoms with Gasteiger partial charge in [-0.05, 0) is 0 Å². The fourth-order valence-electron chi connectivity index (χ4n) is 2.01. The van der Waals surface area contributed by atoms with Crippen LogP contribution in [0.5, 0.6) is 0 Å². The SMILES string of the molecule is COC(=O)C1(F)C(F)C(F)(F)C(C(F)CF)C1(F)F. The first-order chi connectivity index (χ1) is 8.49. The molecule has 10 heteroatoms. The van der Waals surface area contributed by atoms with Gasteiger partial charge in [0.15, 0.2) is 0 Å². The van der Waals surface area contributed by atoms with Gasteiger partial charge in [-0.15, -0.1) is 0 Å². The quantitative estimate of drug-likeness (QED) is 0.591. The summed E-state index contributed by atoms with van der Waals surface area (Å²) in [5, 5.41) is 0. The third-order valence-corrected chi connectivity index (χ3v) is 2.97. The summed E-state index contributed by atoms with van der Waals surface area (Å²) >= 11 is 0. The minimum atomic E-state index is -5.46. The van der Waals surface area contributed by atoms with Gasteiger partial charge >= 0.3 is 17.6 Å². The fraction of sp³-hybridized carbons (Fsp3) is 0.889. The first-order valence-electron chi connectivity index (χ1n) is 4.86. The average molecular weight is 300 g/mol. The fourth-order valence-corrected chi connectivity index (χ4v) is 2.01. The first-order valence-corrected chi connectivity index (χ1v) is 4.86. The van der Waals surface area contributed by atoms with Crippen LogP contribution < -0.4 is 0 Å². The van der Waals surface area contributed by atoms with Crippen LogP contribution in [0.15, 0.2) is 0 Å². The summed E-state index contributed by atoms with van der Waals surface area (Å²) in [6.45, 7) is -2.31. The van der Waals surface area contributed by atoms with E-state index in [9.17, 15) is 39.9 Å². The molecule has 0 saturated heterocycles. The second-order valence-corrected chi connectivity index (χ2v) is 4.01. The lowest BCUT2D eigenvalue weighted by molar-refractivity contribution is -0.200. The molecule has 4 unspecified atom stereocenters. The lowest BCUT2D eigenvalue weighted by Gasteiger charge is -2.28. The number of hydrogen-bond acceptors (Lipinski definition) is 2. The predicted molar refractivity (Wildman–Crippen MR) is 45.0 cm³/mol. The molecule has 1 saturated carbocycles. The molecule has 1 aliphatic rings. The summed E-state index contributed by atoms with van der Waals surface area (Å²) in [6.07, 6.45) is -7.89. The molecule has 0 N–H and O–H groups in total. The first kappa shape index (κ1) is 16.0. The van der Waals surface area contributed by atoms with E-state index in [1.165, 1.54) is 0 Å². The van der Waals surface area contributed by atoms with Gasteiger partial charge in [-0.3, -0.25) is 0 Å². The van der Waals surface area contributed by atoms with E-state index in [0.717, 1.165) is 0 Å². The highest BCUT2D eigenvalue weighted by Crippen LogP contribution is 2.60. The molecule has 1 rings (SSSR count). The molecule has 0 aromatic carbocycles. The molecule has 112 valence electrons. The summed E-state index contributed by atoms with van der Waals surface area (Å²) in [7, 11) is 0.361. The third-order valence-electron chi connectivity index (χ3n) is 2.97. The van der Waals surface area contributed by atoms with Gasteiger partial charge in [-0.25, -0.2) is 39.9 Å². The Balaban J connectivity index is 3.43. The number of alkyl halides is 8. The van der Waals surface area contributed by atoms with E-state index in [-0.39, 0.29) is 0 Å². The van der Waals surface area contributed by atoms with E-state index in [2.05, 4.69) is 4.74 Å². The smallest absolute Gasteiger partial charge is 0.353 e. The van der Waals surface area contributed by atoms with Gasteiger partial charge in [0.1, 0.15) is 18.8 Å². The van der Waals surface area contributed by atoms with Crippen LogP contribution in [0.4, 0.5) is 35.1 Å². The van der Waals surface area contributed by atoms with Crippen LogP contribution >= 0.6 is 0 Å². The Labute approximate surface area is 101 Å². The Hall–Kier alpha value is -1.09. The molecular weight excluding hydrogens is 292 g/mol. The molecule has 1 aliphatic carbocycles. The van der Waals surface area contributed by atoms with Gasteiger partial charge < -0.3 is 4.74 Å². The molecule has 4 atom stereocenters. The van der Waals surface area contributed by atoms with E-state index in [0.29, 0.717) is 7.11 Å². The van der Waals surface area contributed by atoms with Crippen molar-refractivity contribution in [1.29, 1.82) is 0 Å². The lowest BCUT2D eigenvalue weighted by Crippen LogP contribution is -2.55. The molecule has 0 aliphatic heterocycles. The van der Waals surface area contributed by atoms with Crippen LogP contribution in [-0.2, 0) is 9.53 Å². The van der Waals surface area contributed by atoms with Crippen molar-refractivity contribution in [3.05, 3.63) is 0 Å². The number of rotatable bonds is 3. The van der Waals surface area contributed by atoms with Crippen molar-refractivity contribution < 1.29 is 44.7 Å². The normalized spacial score (nSPS) is 37.9. The van der Waals surface area contributed by atoms with Crippen molar-refractivity contribution >= 4 is 5.97 Å². The number of esters is 1. The number of methoxy groups -OCH3 is 1. The zero-order valence-corrected chi connectivity index (χ0v) is 9.28. The maximum atomic E-state index is 13.8. The zero-order chi connectivity index (χ0) is 15.2. The Morgan fingerprint density at radius 1 is 1.26 bits per heavy atom. The molecule has 0 bridgehead atoms. The molecule has 2 nitrogen and oxygen atoms in total. The van der Waals surface area contributed by atoms with Crippen molar-refractivity contribution in [2.24, 2.45) is 5.92 Å². The number of carbonyl (C=O) groups excluding carboxylic acids is 1. The molecule has 1 fully saturated rings. The van der Waals surface area contributed by atoms with Gasteiger partial charge in [0.2, 0.25) is 6.17 Å². The highest BCUT2D eigenvalue weighted by atomic mass is 19.3. The van der Waals surface area contributed by atoms with E-state index in [4.69, 9.17) is 0 Å². The maximum Gasteiger partial charge on any atom is 0.353 e. The Morgan fingerprint density at radius 2 is 1.74 bits per heavy atom. The Kier molecular flexibility index (Phi) is 3.76. The average Bonchev–Trinajstić information content (AvgIpc) is 2.44. The zero-order valence-electron chi connectivity index (χ0n) is 9.28. The van der Waals surface area contributed by atoms with Crippen LogP contribution in [0.3, 0.4) is 0 Å². The van der Waals surface area contributed by atoms with Crippen molar-refractivity contribution in [2.45, 2.75) is 29.9 Å². The monoisotopic (exact) mass is 300 g/mol. The number of hydrogen-bond donors (Lipinski definition) is 0. The molecule has 0 radical (unpaired) electrons. The summed E-state index contributed by atoms with van der Waals surface area (Å²) in [4.78, 5) is 10.8. The summed E-state index contributed by atoms with van der Waals surface area (Å²) in [6, 6.07) is 0. The molecule has 0 aromatic heterocycles. The van der Waals surface area contributed by atoms with Gasteiger partial charge in [0, 0.05) is 0 Å². The summed E-state index contributed by atoms with van der Waals surface area (Å²) in [5.41, 5.74) is -5.07. The van der Waals surface area contributed by atoms with Crippen LogP contribution in [0.1, 0.15) is 0 Å². The van der Waals surface area contributed by atoms with E-state index in [1.807, 2.05) is 0 Å². The van der Waals surface area contributed by atoms with E-state index < -0.39 is 48.4 Å². The lowest BCUT2D eigenvalue weighted by atomic mass is 9.93. The summed E-state index contributed by atoms with van der Waals surface area (Å²) < 4.78 is 109. The van der Waals surface area contributed by atoms with E-state index in [1.54, 1.807) is 0 Å². The number of halogens is 8. The minimum absolute atomic E-state index is 0.361. The molecule has 0 amide bonds. The predicted octanol–water partition coefficient (Wildman–Crippen LogP) is 2.41. The van der Waals surface area contributed by atoms with Crippen LogP contribution in [-0.4, -0.2) is 49.6 Å². The second-order valence-electron chi connectivity index (χ2n) is 4.01. The van der Waals surface area contributed by atoms with Crippen LogP contribution in [0, 0.1) is 5.92 Å². The minimum Gasteiger partial charge on any atom is -0.466 e. The highest BCUT2D eigenvalue weighted by molar-refractivity contribution is 5.83. The van der Waals surface area contributed by atoms with Gasteiger partial charge in [-0.2, -0.15) is 0 Å². The molecule has 0 spiro atoms. The number of carbonyl (C=O) groups is 1. The van der Waals surface area contributed by atoms with Crippen molar-refractivity contribution in [1.82, 2.24) is 0 Å². The van der Waals surface area contributed by atoms with Crippen molar-refractivity contribution in [3.8, 4) is 0 Å². The topological polar surface area (TPSA) is 26.3 Å². The maximum absolute atomic E-state index is 13.8.